The Hall–Kier alpha value is -0.570. The van der Waals surface area contributed by atoms with Crippen molar-refractivity contribution >= 4 is 5.97 Å². The van der Waals surface area contributed by atoms with Crippen LogP contribution in [0.5, 0.6) is 0 Å². The average molecular weight is 209 g/mol. The van der Waals surface area contributed by atoms with E-state index >= 15 is 0 Å². The van der Waals surface area contributed by atoms with Gasteiger partial charge in [-0.2, -0.15) is 0 Å². The number of carboxylic acid groups (broad SMARTS) is 1. The van der Waals surface area contributed by atoms with Crippen molar-refractivity contribution in [2.75, 3.05) is 6.54 Å². The van der Waals surface area contributed by atoms with Crippen LogP contribution in [-0.4, -0.2) is 23.7 Å². The summed E-state index contributed by atoms with van der Waals surface area (Å²) in [6.45, 7) is 1.07. The highest BCUT2D eigenvalue weighted by atomic mass is 16.4. The van der Waals surface area contributed by atoms with E-state index in [4.69, 9.17) is 0 Å². The Morgan fingerprint density at radius 2 is 1.73 bits per heavy atom. The van der Waals surface area contributed by atoms with Gasteiger partial charge in [-0.25, -0.2) is 0 Å². The van der Waals surface area contributed by atoms with Gasteiger partial charge in [0.15, 0.2) is 0 Å². The molecule has 0 radical (unpaired) electrons. The van der Waals surface area contributed by atoms with Gasteiger partial charge in [0.05, 0.1) is 5.92 Å². The molecule has 3 heteroatoms. The zero-order valence-corrected chi connectivity index (χ0v) is 8.98. The third-order valence-electron chi connectivity index (χ3n) is 4.34. The highest BCUT2D eigenvalue weighted by Gasteiger charge is 2.46. The van der Waals surface area contributed by atoms with Crippen LogP contribution in [0, 0.1) is 23.7 Å². The van der Waals surface area contributed by atoms with Crippen LogP contribution in [0.25, 0.3) is 0 Å². The first-order valence-corrected chi connectivity index (χ1v) is 6.22. The Kier molecular flexibility index (Phi) is 2.23. The molecule has 2 saturated carbocycles. The van der Waals surface area contributed by atoms with Crippen molar-refractivity contribution in [3.8, 4) is 0 Å². The third kappa shape index (κ3) is 1.89. The summed E-state index contributed by atoms with van der Waals surface area (Å²) >= 11 is 0. The van der Waals surface area contributed by atoms with E-state index in [9.17, 15) is 9.90 Å². The number of hydrogen-bond acceptors (Lipinski definition) is 2. The predicted molar refractivity (Wildman–Crippen MR) is 56.5 cm³/mol. The molecule has 3 unspecified atom stereocenters. The van der Waals surface area contributed by atoms with Crippen molar-refractivity contribution in [3.63, 3.8) is 0 Å². The van der Waals surface area contributed by atoms with E-state index in [0.717, 1.165) is 18.9 Å². The molecular formula is C12H19NO2. The lowest BCUT2D eigenvalue weighted by Gasteiger charge is -2.35. The Morgan fingerprint density at radius 1 is 1.07 bits per heavy atom. The summed E-state index contributed by atoms with van der Waals surface area (Å²) in [5.41, 5.74) is 0. The van der Waals surface area contributed by atoms with Crippen molar-refractivity contribution in [1.29, 1.82) is 0 Å². The van der Waals surface area contributed by atoms with Crippen LogP contribution in [0.15, 0.2) is 0 Å². The number of carbonyl (C=O) groups is 1. The second-order valence-electron chi connectivity index (χ2n) is 5.55. The fraction of sp³-hybridized carbons (Fsp3) is 0.917. The second kappa shape index (κ2) is 3.48. The SMILES string of the molecule is O=C(O)C1CC(C2CC2)CNC1C1CC1. The maximum atomic E-state index is 11.2. The topological polar surface area (TPSA) is 49.3 Å². The largest absolute Gasteiger partial charge is 0.481 e. The van der Waals surface area contributed by atoms with Crippen LogP contribution in [0.3, 0.4) is 0 Å². The quantitative estimate of drug-likeness (QED) is 0.740. The van der Waals surface area contributed by atoms with Crippen LogP contribution in [0.1, 0.15) is 32.1 Å². The van der Waals surface area contributed by atoms with Crippen molar-refractivity contribution in [2.24, 2.45) is 23.7 Å². The zero-order valence-electron chi connectivity index (χ0n) is 8.98. The van der Waals surface area contributed by atoms with Gasteiger partial charge >= 0.3 is 5.97 Å². The summed E-state index contributed by atoms with van der Waals surface area (Å²) in [6, 6.07) is 0.275. The first-order valence-electron chi connectivity index (χ1n) is 6.22. The average Bonchev–Trinajstić information content (AvgIpc) is 3.07. The van der Waals surface area contributed by atoms with Gasteiger partial charge in [0.1, 0.15) is 0 Å². The summed E-state index contributed by atoms with van der Waals surface area (Å²) in [7, 11) is 0. The van der Waals surface area contributed by atoms with E-state index in [1.54, 1.807) is 0 Å². The molecule has 0 aromatic carbocycles. The van der Waals surface area contributed by atoms with Gasteiger partial charge in [-0.05, 0) is 56.4 Å². The fourth-order valence-electron chi connectivity index (χ4n) is 3.12. The lowest BCUT2D eigenvalue weighted by Crippen LogP contribution is -2.50. The molecule has 0 spiro atoms. The third-order valence-corrected chi connectivity index (χ3v) is 4.34. The lowest BCUT2D eigenvalue weighted by atomic mass is 9.80. The number of nitrogens with one attached hydrogen (secondary N) is 1. The maximum Gasteiger partial charge on any atom is 0.308 e. The van der Waals surface area contributed by atoms with Crippen LogP contribution in [0.2, 0.25) is 0 Å². The molecule has 0 aromatic heterocycles. The number of carboxylic acids is 1. The molecule has 2 N–H and O–H groups in total. The molecule has 0 bridgehead atoms. The van der Waals surface area contributed by atoms with E-state index in [2.05, 4.69) is 5.32 Å². The molecule has 0 amide bonds. The van der Waals surface area contributed by atoms with Crippen molar-refractivity contribution in [3.05, 3.63) is 0 Å². The standard InChI is InChI=1S/C12H19NO2/c14-12(15)10-5-9(7-1-2-7)6-13-11(10)8-3-4-8/h7-11,13H,1-6H2,(H,14,15). The lowest BCUT2D eigenvalue weighted by molar-refractivity contribution is -0.144. The zero-order chi connectivity index (χ0) is 10.4. The molecule has 1 heterocycles. The van der Waals surface area contributed by atoms with Gasteiger partial charge in [-0.3, -0.25) is 4.79 Å². The molecule has 1 saturated heterocycles. The monoisotopic (exact) mass is 209 g/mol. The van der Waals surface area contributed by atoms with Gasteiger partial charge in [-0.1, -0.05) is 0 Å². The Morgan fingerprint density at radius 3 is 2.27 bits per heavy atom. The van der Waals surface area contributed by atoms with Crippen molar-refractivity contribution in [1.82, 2.24) is 5.32 Å². The summed E-state index contributed by atoms with van der Waals surface area (Å²) < 4.78 is 0. The van der Waals surface area contributed by atoms with Gasteiger partial charge < -0.3 is 10.4 Å². The van der Waals surface area contributed by atoms with Gasteiger partial charge in [0.2, 0.25) is 0 Å². The van der Waals surface area contributed by atoms with E-state index in [-0.39, 0.29) is 12.0 Å². The Balaban J connectivity index is 1.68. The van der Waals surface area contributed by atoms with Gasteiger partial charge in [0.25, 0.3) is 0 Å². The molecule has 3 fully saturated rings. The second-order valence-corrected chi connectivity index (χ2v) is 5.55. The molecule has 3 atom stereocenters. The molecule has 84 valence electrons. The van der Waals surface area contributed by atoms with Crippen molar-refractivity contribution < 1.29 is 9.90 Å². The number of aliphatic carboxylic acids is 1. The molecule has 3 aliphatic rings. The van der Waals surface area contributed by atoms with E-state index in [1.165, 1.54) is 25.7 Å². The van der Waals surface area contributed by atoms with Crippen LogP contribution < -0.4 is 5.32 Å². The number of piperidine rings is 1. The molecule has 3 rings (SSSR count). The molecule has 1 aliphatic heterocycles. The Labute approximate surface area is 90.2 Å². The van der Waals surface area contributed by atoms with E-state index in [1.807, 2.05) is 0 Å². The first-order chi connectivity index (χ1) is 7.25. The van der Waals surface area contributed by atoms with Crippen molar-refractivity contribution in [2.45, 2.75) is 38.1 Å². The maximum absolute atomic E-state index is 11.2. The smallest absolute Gasteiger partial charge is 0.308 e. The van der Waals surface area contributed by atoms with Gasteiger partial charge in [-0.15, -0.1) is 0 Å². The van der Waals surface area contributed by atoms with E-state index < -0.39 is 5.97 Å². The summed E-state index contributed by atoms with van der Waals surface area (Å²) in [4.78, 5) is 11.2. The Bertz CT molecular complexity index is 271. The van der Waals surface area contributed by atoms with Crippen LogP contribution in [-0.2, 0) is 4.79 Å². The first kappa shape index (κ1) is 9.64. The minimum atomic E-state index is -0.579. The molecule has 3 nitrogen and oxygen atoms in total. The number of rotatable bonds is 3. The summed E-state index contributed by atoms with van der Waals surface area (Å²) in [6.07, 6.45) is 6.04. The highest BCUT2D eigenvalue weighted by Crippen LogP contribution is 2.45. The molecule has 15 heavy (non-hydrogen) atoms. The van der Waals surface area contributed by atoms with Crippen LogP contribution >= 0.6 is 0 Å². The van der Waals surface area contributed by atoms with Crippen LogP contribution in [0.4, 0.5) is 0 Å². The minimum absolute atomic E-state index is 0.114. The molecule has 0 aromatic rings. The summed E-state index contributed by atoms with van der Waals surface area (Å²) in [5.74, 6) is 1.44. The normalized spacial score (nSPS) is 41.5. The minimum Gasteiger partial charge on any atom is -0.481 e. The molecule has 2 aliphatic carbocycles. The predicted octanol–water partition coefficient (Wildman–Crippen LogP) is 1.49. The highest BCUT2D eigenvalue weighted by molar-refractivity contribution is 5.71. The number of hydrogen-bond donors (Lipinski definition) is 2. The summed E-state index contributed by atoms with van der Waals surface area (Å²) in [5, 5.41) is 12.8. The van der Waals surface area contributed by atoms with Gasteiger partial charge in [0, 0.05) is 6.04 Å². The molecular weight excluding hydrogens is 190 g/mol. The fourth-order valence-corrected chi connectivity index (χ4v) is 3.12. The van der Waals surface area contributed by atoms with E-state index in [0.29, 0.717) is 11.8 Å².